The maximum Gasteiger partial charge on any atom is 0.337 e. The lowest BCUT2D eigenvalue weighted by molar-refractivity contribution is -0.139. The molecule has 1 aliphatic rings. The number of carbonyl (C=O) groups excluding carboxylic acids is 4. The number of imide groups is 1. The van der Waals surface area contributed by atoms with Crippen LogP contribution >= 0.6 is 0 Å². The molecule has 7 heteroatoms. The highest BCUT2D eigenvalue weighted by molar-refractivity contribution is 6.01. The number of methoxy groups -OCH3 is 1. The molecule has 0 radical (unpaired) electrons. The molecule has 2 aromatic carbocycles. The second-order valence-corrected chi connectivity index (χ2v) is 6.44. The van der Waals surface area contributed by atoms with Crippen molar-refractivity contribution < 1.29 is 23.9 Å². The summed E-state index contributed by atoms with van der Waals surface area (Å²) in [5.41, 5.74) is 2.57. The van der Waals surface area contributed by atoms with Crippen LogP contribution in [0.15, 0.2) is 48.5 Å². The van der Waals surface area contributed by atoms with Crippen LogP contribution in [-0.4, -0.2) is 35.7 Å². The molecule has 7 nitrogen and oxygen atoms in total. The first kappa shape index (κ1) is 19.3. The number of hydrogen-bond donors (Lipinski definition) is 1. The summed E-state index contributed by atoms with van der Waals surface area (Å²) in [6.45, 7) is 0.547. The summed E-state index contributed by atoms with van der Waals surface area (Å²) in [6.07, 6.45) is 0.528. The SMILES string of the molecule is COC(=O)c1ccc(CNC(=O)c2ccc(CN3C(=O)CCC3=O)cc2)cc1. The third kappa shape index (κ3) is 4.43. The second kappa shape index (κ2) is 8.47. The zero-order valence-electron chi connectivity index (χ0n) is 15.4. The van der Waals surface area contributed by atoms with E-state index in [1.807, 2.05) is 0 Å². The summed E-state index contributed by atoms with van der Waals surface area (Å²) >= 11 is 0. The molecule has 0 bridgehead atoms. The van der Waals surface area contributed by atoms with Crippen LogP contribution in [0.1, 0.15) is 44.7 Å². The van der Waals surface area contributed by atoms with Crippen LogP contribution < -0.4 is 5.32 Å². The topological polar surface area (TPSA) is 92.8 Å². The first-order valence-corrected chi connectivity index (χ1v) is 8.85. The van der Waals surface area contributed by atoms with Gasteiger partial charge in [-0.1, -0.05) is 24.3 Å². The predicted molar refractivity (Wildman–Crippen MR) is 100 cm³/mol. The molecule has 0 aromatic heterocycles. The molecule has 0 saturated carbocycles. The van der Waals surface area contributed by atoms with Crippen LogP contribution in [0.4, 0.5) is 0 Å². The van der Waals surface area contributed by atoms with Gasteiger partial charge in [0.25, 0.3) is 5.91 Å². The van der Waals surface area contributed by atoms with Crippen molar-refractivity contribution in [2.45, 2.75) is 25.9 Å². The molecule has 0 unspecified atom stereocenters. The molecule has 0 spiro atoms. The number of likely N-dealkylation sites (tertiary alicyclic amines) is 1. The van der Waals surface area contributed by atoms with Crippen molar-refractivity contribution in [3.63, 3.8) is 0 Å². The maximum atomic E-state index is 12.3. The molecule has 1 aliphatic heterocycles. The molecule has 0 aliphatic carbocycles. The summed E-state index contributed by atoms with van der Waals surface area (Å²) < 4.78 is 4.65. The maximum absolute atomic E-state index is 12.3. The van der Waals surface area contributed by atoms with Crippen molar-refractivity contribution in [2.24, 2.45) is 0 Å². The third-order valence-corrected chi connectivity index (χ3v) is 4.54. The minimum Gasteiger partial charge on any atom is -0.465 e. The Kier molecular flexibility index (Phi) is 5.84. The van der Waals surface area contributed by atoms with Crippen molar-refractivity contribution >= 4 is 23.7 Å². The number of nitrogens with zero attached hydrogens (tertiary/aromatic N) is 1. The fourth-order valence-electron chi connectivity index (χ4n) is 2.90. The molecule has 144 valence electrons. The summed E-state index contributed by atoms with van der Waals surface area (Å²) in [4.78, 5) is 48.3. The Bertz CT molecular complexity index is 887. The number of hydrogen-bond acceptors (Lipinski definition) is 5. The minimum atomic E-state index is -0.409. The highest BCUT2D eigenvalue weighted by Gasteiger charge is 2.28. The molecule has 1 N–H and O–H groups in total. The van der Waals surface area contributed by atoms with Gasteiger partial charge in [0.15, 0.2) is 0 Å². The minimum absolute atomic E-state index is 0.162. The lowest BCUT2D eigenvalue weighted by Crippen LogP contribution is -2.28. The number of nitrogens with one attached hydrogen (secondary N) is 1. The lowest BCUT2D eigenvalue weighted by Gasteiger charge is -2.14. The number of amides is 3. The Balaban J connectivity index is 1.55. The van der Waals surface area contributed by atoms with Crippen molar-refractivity contribution in [1.29, 1.82) is 0 Å². The standard InChI is InChI=1S/C21H20N2O5/c1-28-21(27)17-8-2-14(3-9-17)12-22-20(26)16-6-4-15(5-7-16)13-23-18(24)10-11-19(23)25/h2-9H,10-13H2,1H3,(H,22,26). The number of benzene rings is 2. The van der Waals surface area contributed by atoms with Gasteiger partial charge in [0, 0.05) is 24.9 Å². The summed E-state index contributed by atoms with van der Waals surface area (Å²) in [5.74, 6) is -0.972. The van der Waals surface area contributed by atoms with Gasteiger partial charge in [0.1, 0.15) is 0 Å². The van der Waals surface area contributed by atoms with E-state index >= 15 is 0 Å². The van der Waals surface area contributed by atoms with Gasteiger partial charge in [-0.25, -0.2) is 4.79 Å². The van der Waals surface area contributed by atoms with Gasteiger partial charge < -0.3 is 10.1 Å². The van der Waals surface area contributed by atoms with Gasteiger partial charge in [0.2, 0.25) is 11.8 Å². The zero-order chi connectivity index (χ0) is 20.1. The van der Waals surface area contributed by atoms with E-state index in [0.717, 1.165) is 11.1 Å². The van der Waals surface area contributed by atoms with Crippen molar-refractivity contribution in [3.05, 3.63) is 70.8 Å². The fraction of sp³-hybridized carbons (Fsp3) is 0.238. The average molecular weight is 380 g/mol. The summed E-state index contributed by atoms with van der Waals surface area (Å²) in [5, 5.41) is 2.81. The molecular formula is C21H20N2O5. The predicted octanol–water partition coefficient (Wildman–Crippen LogP) is 2.05. The number of carbonyl (C=O) groups is 4. The normalized spacial score (nSPS) is 13.5. The number of ether oxygens (including phenoxy) is 1. The molecule has 1 saturated heterocycles. The van der Waals surface area contributed by atoms with E-state index < -0.39 is 5.97 Å². The molecule has 0 atom stereocenters. The van der Waals surface area contributed by atoms with Crippen molar-refractivity contribution in [3.8, 4) is 0 Å². The van der Waals surface area contributed by atoms with E-state index in [0.29, 0.717) is 17.7 Å². The van der Waals surface area contributed by atoms with E-state index in [1.165, 1.54) is 12.0 Å². The summed E-state index contributed by atoms with van der Waals surface area (Å²) in [7, 11) is 1.32. The quantitative estimate of drug-likeness (QED) is 0.612. The van der Waals surface area contributed by atoms with Gasteiger partial charge in [-0.3, -0.25) is 19.3 Å². The Morgan fingerprint density at radius 2 is 1.43 bits per heavy atom. The fourth-order valence-corrected chi connectivity index (χ4v) is 2.90. The zero-order valence-corrected chi connectivity index (χ0v) is 15.4. The monoisotopic (exact) mass is 380 g/mol. The van der Waals surface area contributed by atoms with E-state index in [4.69, 9.17) is 0 Å². The Labute approximate surface area is 162 Å². The Morgan fingerprint density at radius 1 is 0.893 bits per heavy atom. The van der Waals surface area contributed by atoms with Gasteiger partial charge in [-0.2, -0.15) is 0 Å². The Morgan fingerprint density at radius 3 is 2.00 bits per heavy atom. The van der Waals surface area contributed by atoms with Gasteiger partial charge in [-0.15, -0.1) is 0 Å². The van der Waals surface area contributed by atoms with E-state index in [2.05, 4.69) is 10.1 Å². The highest BCUT2D eigenvalue weighted by atomic mass is 16.5. The molecule has 2 aromatic rings. The van der Waals surface area contributed by atoms with E-state index in [-0.39, 0.29) is 37.1 Å². The van der Waals surface area contributed by atoms with Crippen LogP contribution in [0.3, 0.4) is 0 Å². The molecule has 1 heterocycles. The van der Waals surface area contributed by atoms with E-state index in [1.54, 1.807) is 48.5 Å². The molecule has 3 amide bonds. The Hall–Kier alpha value is -3.48. The summed E-state index contributed by atoms with van der Waals surface area (Å²) in [6, 6.07) is 13.6. The first-order valence-electron chi connectivity index (χ1n) is 8.85. The number of esters is 1. The van der Waals surface area contributed by atoms with Gasteiger partial charge in [-0.05, 0) is 35.4 Å². The van der Waals surface area contributed by atoms with Crippen LogP contribution in [0.2, 0.25) is 0 Å². The number of rotatable bonds is 6. The molecule has 28 heavy (non-hydrogen) atoms. The van der Waals surface area contributed by atoms with Gasteiger partial charge in [0.05, 0.1) is 19.2 Å². The third-order valence-electron chi connectivity index (χ3n) is 4.54. The first-order chi connectivity index (χ1) is 13.5. The molecule has 3 rings (SSSR count). The van der Waals surface area contributed by atoms with Crippen molar-refractivity contribution in [2.75, 3.05) is 7.11 Å². The van der Waals surface area contributed by atoms with Crippen LogP contribution in [0, 0.1) is 0 Å². The van der Waals surface area contributed by atoms with Crippen LogP contribution in [0.25, 0.3) is 0 Å². The largest absolute Gasteiger partial charge is 0.465 e. The van der Waals surface area contributed by atoms with Gasteiger partial charge >= 0.3 is 5.97 Å². The van der Waals surface area contributed by atoms with E-state index in [9.17, 15) is 19.2 Å². The highest BCUT2D eigenvalue weighted by Crippen LogP contribution is 2.16. The van der Waals surface area contributed by atoms with Crippen LogP contribution in [0.5, 0.6) is 0 Å². The molecular weight excluding hydrogens is 360 g/mol. The lowest BCUT2D eigenvalue weighted by atomic mass is 10.1. The van der Waals surface area contributed by atoms with Crippen molar-refractivity contribution in [1.82, 2.24) is 10.2 Å². The molecule has 1 fully saturated rings. The van der Waals surface area contributed by atoms with Crippen LogP contribution in [-0.2, 0) is 27.4 Å². The average Bonchev–Trinajstić information content (AvgIpc) is 3.04. The smallest absolute Gasteiger partial charge is 0.337 e. The second-order valence-electron chi connectivity index (χ2n) is 6.44.